The maximum Gasteiger partial charge on any atom is 0.433 e. The molecule has 206 valence electrons. The summed E-state index contributed by atoms with van der Waals surface area (Å²) in [5, 5.41) is 0. The van der Waals surface area contributed by atoms with E-state index in [1.807, 2.05) is 18.7 Å². The Hall–Kier alpha value is -2.51. The van der Waals surface area contributed by atoms with Gasteiger partial charge in [-0.25, -0.2) is 22.8 Å². The van der Waals surface area contributed by atoms with Gasteiger partial charge in [-0.2, -0.15) is 13.2 Å². The average Bonchev–Trinajstić information content (AvgIpc) is 2.81. The van der Waals surface area contributed by atoms with Crippen LogP contribution in [0.15, 0.2) is 29.3 Å². The summed E-state index contributed by atoms with van der Waals surface area (Å²) in [6.45, 7) is 5.79. The first-order chi connectivity index (χ1) is 17.2. The normalized spacial score (nSPS) is 17.2. The molecule has 0 amide bonds. The Morgan fingerprint density at radius 3 is 2.54 bits per heavy atom. The van der Waals surface area contributed by atoms with Crippen LogP contribution in [0.5, 0.6) is 0 Å². The fourth-order valence-corrected chi connectivity index (χ4v) is 5.11. The molecule has 2 heterocycles. The number of aromatic nitrogens is 2. The van der Waals surface area contributed by atoms with Gasteiger partial charge in [0.2, 0.25) is 5.95 Å². The number of hydrogen-bond acceptors (Lipinski definition) is 8. The van der Waals surface area contributed by atoms with Crippen molar-refractivity contribution >= 4 is 21.5 Å². The molecule has 2 aromatic rings. The van der Waals surface area contributed by atoms with E-state index in [4.69, 9.17) is 4.74 Å². The molecule has 0 radical (unpaired) electrons. The molecular weight excluding hydrogens is 514 g/mol. The molecule has 1 aromatic carbocycles. The molecule has 1 aliphatic rings. The van der Waals surface area contributed by atoms with E-state index >= 15 is 0 Å². The van der Waals surface area contributed by atoms with Gasteiger partial charge in [-0.3, -0.25) is 4.90 Å². The van der Waals surface area contributed by atoms with E-state index in [0.29, 0.717) is 38.5 Å². The highest BCUT2D eigenvalue weighted by Crippen LogP contribution is 2.33. The topological polar surface area (TPSA) is 78.9 Å². The fraction of sp³-hybridized carbons (Fsp3) is 0.583. The van der Waals surface area contributed by atoms with Gasteiger partial charge in [0.25, 0.3) is 0 Å². The molecule has 37 heavy (non-hydrogen) atoms. The smallest absolute Gasteiger partial charge is 0.383 e. The van der Waals surface area contributed by atoms with Gasteiger partial charge in [-0.15, -0.1) is 0 Å². The Morgan fingerprint density at radius 2 is 1.95 bits per heavy atom. The monoisotopic (exact) mass is 547 g/mol. The summed E-state index contributed by atoms with van der Waals surface area (Å²) in [5.41, 5.74) is -0.462. The van der Waals surface area contributed by atoms with Crippen molar-refractivity contribution in [3.8, 4) is 0 Å². The predicted octanol–water partition coefficient (Wildman–Crippen LogP) is 3.47. The molecule has 0 N–H and O–H groups in total. The number of piperazine rings is 1. The Balaban J connectivity index is 1.90. The van der Waals surface area contributed by atoms with Crippen molar-refractivity contribution in [1.82, 2.24) is 14.9 Å². The number of methoxy groups -OCH3 is 1. The molecule has 1 aliphatic heterocycles. The average molecular weight is 548 g/mol. The number of nitrogens with zero attached hydrogens (tertiary/aromatic N) is 5. The zero-order valence-electron chi connectivity index (χ0n) is 21.6. The summed E-state index contributed by atoms with van der Waals surface area (Å²) in [6.07, 6.45) is -2.48. The van der Waals surface area contributed by atoms with Crippen LogP contribution in [0.1, 0.15) is 25.1 Å². The Morgan fingerprint density at radius 1 is 1.24 bits per heavy atom. The lowest BCUT2D eigenvalue weighted by Crippen LogP contribution is -2.56. The van der Waals surface area contributed by atoms with Gasteiger partial charge in [0, 0.05) is 63.5 Å². The van der Waals surface area contributed by atoms with E-state index in [0.717, 1.165) is 12.3 Å². The molecule has 0 spiro atoms. The first-order valence-corrected chi connectivity index (χ1v) is 13.7. The lowest BCUT2D eigenvalue weighted by molar-refractivity contribution is -0.142. The Labute approximate surface area is 215 Å². The molecule has 0 saturated carbocycles. The molecule has 1 fully saturated rings. The van der Waals surface area contributed by atoms with Crippen LogP contribution < -0.4 is 9.80 Å². The lowest BCUT2D eigenvalue weighted by atomic mass is 9.99. The van der Waals surface area contributed by atoms with Crippen molar-refractivity contribution in [3.05, 3.63) is 41.5 Å². The summed E-state index contributed by atoms with van der Waals surface area (Å²) in [5.74, 6) is -0.827. The standard InChI is InChI=1S/C24H33F4N5O3S/c1-16(2)20-15-32(18-6-7-19(25)21(12-18)37(5,34)35)8-9-33(20)23-29-13-17(14-31(3)10-11-36-4)22(30-23)24(26,27)28/h6-7,12-13,16,20H,8-11,14-15H2,1-5H3. The van der Waals surface area contributed by atoms with Crippen LogP contribution in [0, 0.1) is 11.7 Å². The van der Waals surface area contributed by atoms with Crippen LogP contribution in [0.3, 0.4) is 0 Å². The van der Waals surface area contributed by atoms with Crippen molar-refractivity contribution < 1.29 is 30.7 Å². The van der Waals surface area contributed by atoms with E-state index in [1.54, 1.807) is 16.8 Å². The molecule has 8 nitrogen and oxygen atoms in total. The molecule has 1 atom stereocenters. The molecular formula is C24H33F4N5O3S. The molecule has 1 aromatic heterocycles. The number of ether oxygens (including phenoxy) is 1. The SMILES string of the molecule is COCCN(C)Cc1cnc(N2CCN(c3ccc(F)c(S(C)(=O)=O)c3)CC2C(C)C)nc1C(F)(F)F. The van der Waals surface area contributed by atoms with Gasteiger partial charge in [-0.1, -0.05) is 13.8 Å². The lowest BCUT2D eigenvalue weighted by Gasteiger charge is -2.44. The largest absolute Gasteiger partial charge is 0.433 e. The van der Waals surface area contributed by atoms with Crippen LogP contribution in [-0.2, 0) is 27.3 Å². The highest BCUT2D eigenvalue weighted by Gasteiger charge is 2.38. The molecule has 3 rings (SSSR count). The Bertz CT molecular complexity index is 1190. The highest BCUT2D eigenvalue weighted by molar-refractivity contribution is 7.90. The zero-order valence-corrected chi connectivity index (χ0v) is 22.4. The second-order valence-corrected chi connectivity index (χ2v) is 11.6. The van der Waals surface area contributed by atoms with Gasteiger partial charge in [0.1, 0.15) is 10.7 Å². The second kappa shape index (κ2) is 11.5. The maximum absolute atomic E-state index is 14.1. The van der Waals surface area contributed by atoms with Crippen LogP contribution in [0.2, 0.25) is 0 Å². The minimum absolute atomic E-state index is 0.00935. The number of halogens is 4. The van der Waals surface area contributed by atoms with Crippen molar-refractivity contribution in [2.45, 2.75) is 37.5 Å². The third kappa shape index (κ3) is 7.08. The van der Waals surface area contributed by atoms with Crippen LogP contribution >= 0.6 is 0 Å². The van der Waals surface area contributed by atoms with Gasteiger partial charge < -0.3 is 14.5 Å². The number of alkyl halides is 3. The van der Waals surface area contributed by atoms with Crippen LogP contribution in [0.25, 0.3) is 0 Å². The van der Waals surface area contributed by atoms with E-state index in [2.05, 4.69) is 9.97 Å². The van der Waals surface area contributed by atoms with Crippen LogP contribution in [0.4, 0.5) is 29.2 Å². The van der Waals surface area contributed by atoms with Gasteiger partial charge in [0.15, 0.2) is 15.5 Å². The first kappa shape index (κ1) is 29.1. The quantitative estimate of drug-likeness (QED) is 0.442. The number of rotatable bonds is 9. The van der Waals surface area contributed by atoms with Crippen molar-refractivity contribution in [3.63, 3.8) is 0 Å². The zero-order chi connectivity index (χ0) is 27.5. The number of benzene rings is 1. The number of likely N-dealkylation sites (N-methyl/N-ethyl adjacent to an activating group) is 1. The third-order valence-electron chi connectivity index (χ3n) is 6.36. The summed E-state index contributed by atoms with van der Waals surface area (Å²) < 4.78 is 84.9. The minimum Gasteiger partial charge on any atom is -0.383 e. The number of anilines is 2. The second-order valence-electron chi connectivity index (χ2n) is 9.61. The van der Waals surface area contributed by atoms with Crippen molar-refractivity contribution in [2.75, 3.05) is 63.0 Å². The first-order valence-electron chi connectivity index (χ1n) is 11.8. The Kier molecular flexibility index (Phi) is 9.01. The van der Waals surface area contributed by atoms with E-state index < -0.39 is 32.4 Å². The van der Waals surface area contributed by atoms with Crippen molar-refractivity contribution in [2.24, 2.45) is 5.92 Å². The third-order valence-corrected chi connectivity index (χ3v) is 7.47. The van der Waals surface area contributed by atoms with E-state index in [1.165, 1.54) is 25.4 Å². The molecule has 0 bridgehead atoms. The van der Waals surface area contributed by atoms with E-state index in [-0.39, 0.29) is 30.0 Å². The van der Waals surface area contributed by atoms with Crippen molar-refractivity contribution in [1.29, 1.82) is 0 Å². The van der Waals surface area contributed by atoms with Gasteiger partial charge >= 0.3 is 6.18 Å². The summed E-state index contributed by atoms with van der Waals surface area (Å²) >= 11 is 0. The van der Waals surface area contributed by atoms with E-state index in [9.17, 15) is 26.0 Å². The van der Waals surface area contributed by atoms with Gasteiger partial charge in [0.05, 0.1) is 12.6 Å². The summed E-state index contributed by atoms with van der Waals surface area (Å²) in [7, 11) is -0.538. The van der Waals surface area contributed by atoms with Gasteiger partial charge in [-0.05, 0) is 31.2 Å². The fourth-order valence-electron chi connectivity index (χ4n) is 4.35. The minimum atomic E-state index is -4.65. The molecule has 1 unspecified atom stereocenters. The summed E-state index contributed by atoms with van der Waals surface area (Å²) in [6, 6.07) is 3.65. The predicted molar refractivity (Wildman–Crippen MR) is 133 cm³/mol. The van der Waals surface area contributed by atoms with Crippen LogP contribution in [-0.4, -0.2) is 82.5 Å². The molecule has 0 aliphatic carbocycles. The molecule has 1 saturated heterocycles. The molecule has 13 heteroatoms. The summed E-state index contributed by atoms with van der Waals surface area (Å²) in [4.78, 5) is 13.3. The number of hydrogen-bond donors (Lipinski definition) is 0. The maximum atomic E-state index is 14.1. The number of sulfone groups is 1. The highest BCUT2D eigenvalue weighted by atomic mass is 32.2.